The fraction of sp³-hybridized carbons (Fsp3) is 0.917. The first kappa shape index (κ1) is 17.3. The lowest BCUT2D eigenvalue weighted by atomic mass is 10.3. The van der Waals surface area contributed by atoms with Crippen molar-refractivity contribution in [3.05, 3.63) is 0 Å². The maximum Gasteiger partial charge on any atom is 0.308 e. The zero-order chi connectivity index (χ0) is 13.6. The van der Waals surface area contributed by atoms with E-state index in [-0.39, 0.29) is 12.6 Å². The number of esters is 1. The first-order valence-electron chi connectivity index (χ1n) is 6.28. The molecule has 0 aliphatic rings. The van der Waals surface area contributed by atoms with Crippen LogP contribution in [0.2, 0.25) is 0 Å². The van der Waals surface area contributed by atoms with Gasteiger partial charge in [-0.05, 0) is 13.3 Å². The molecule has 108 valence electrons. The molecule has 1 N–H and O–H groups in total. The van der Waals surface area contributed by atoms with Gasteiger partial charge in [-0.3, -0.25) is 4.79 Å². The normalized spacial score (nSPS) is 12.4. The van der Waals surface area contributed by atoms with Gasteiger partial charge in [0, 0.05) is 6.42 Å². The molecule has 0 heterocycles. The molecule has 0 bridgehead atoms. The summed E-state index contributed by atoms with van der Waals surface area (Å²) in [4.78, 5) is 11.1. The highest BCUT2D eigenvalue weighted by Gasteiger charge is 2.07. The number of aliphatic hydroxyl groups excluding tert-OH is 1. The van der Waals surface area contributed by atoms with Crippen molar-refractivity contribution in [2.75, 3.05) is 39.6 Å². The number of ether oxygens (including phenoxy) is 4. The van der Waals surface area contributed by atoms with Crippen LogP contribution in [0.4, 0.5) is 0 Å². The minimum Gasteiger partial charge on any atom is -0.436 e. The summed E-state index contributed by atoms with van der Waals surface area (Å²) in [6.45, 7) is 5.61. The second kappa shape index (κ2) is 12.8. The third-order valence-electron chi connectivity index (χ3n) is 1.94. The van der Waals surface area contributed by atoms with E-state index < -0.39 is 6.29 Å². The smallest absolute Gasteiger partial charge is 0.308 e. The van der Waals surface area contributed by atoms with E-state index in [0.717, 1.165) is 6.42 Å². The van der Waals surface area contributed by atoms with Crippen LogP contribution in [0, 0.1) is 0 Å². The molecule has 0 saturated heterocycles. The van der Waals surface area contributed by atoms with Gasteiger partial charge in [-0.2, -0.15) is 0 Å². The predicted molar refractivity (Wildman–Crippen MR) is 65.1 cm³/mol. The first-order valence-corrected chi connectivity index (χ1v) is 6.28. The second-order valence-electron chi connectivity index (χ2n) is 3.63. The van der Waals surface area contributed by atoms with Crippen LogP contribution < -0.4 is 0 Å². The van der Waals surface area contributed by atoms with E-state index in [1.807, 2.05) is 6.92 Å². The van der Waals surface area contributed by atoms with Gasteiger partial charge in [0.25, 0.3) is 0 Å². The molecule has 0 aliphatic carbocycles. The van der Waals surface area contributed by atoms with Gasteiger partial charge in [-0.25, -0.2) is 0 Å². The van der Waals surface area contributed by atoms with Crippen molar-refractivity contribution in [1.29, 1.82) is 0 Å². The van der Waals surface area contributed by atoms with E-state index in [1.54, 1.807) is 6.92 Å². The summed E-state index contributed by atoms with van der Waals surface area (Å²) >= 11 is 0. The first-order chi connectivity index (χ1) is 8.70. The molecular weight excluding hydrogens is 240 g/mol. The highest BCUT2D eigenvalue weighted by atomic mass is 16.7. The van der Waals surface area contributed by atoms with E-state index in [9.17, 15) is 4.79 Å². The van der Waals surface area contributed by atoms with Crippen LogP contribution in [0.15, 0.2) is 0 Å². The minimum absolute atomic E-state index is 0.0176. The van der Waals surface area contributed by atoms with Gasteiger partial charge in [0.1, 0.15) is 0 Å². The molecule has 0 amide bonds. The van der Waals surface area contributed by atoms with E-state index in [0.29, 0.717) is 39.5 Å². The molecule has 18 heavy (non-hydrogen) atoms. The number of hydrogen-bond donors (Lipinski definition) is 1. The van der Waals surface area contributed by atoms with Crippen molar-refractivity contribution in [2.24, 2.45) is 0 Å². The van der Waals surface area contributed by atoms with Gasteiger partial charge < -0.3 is 24.1 Å². The molecule has 0 aromatic carbocycles. The molecule has 0 radical (unpaired) electrons. The lowest BCUT2D eigenvalue weighted by Gasteiger charge is -2.13. The number of hydrogen-bond acceptors (Lipinski definition) is 6. The maximum absolute atomic E-state index is 11.1. The van der Waals surface area contributed by atoms with Gasteiger partial charge in [0.15, 0.2) is 6.29 Å². The Balaban J connectivity index is 3.24. The van der Waals surface area contributed by atoms with Gasteiger partial charge in [0.2, 0.25) is 0 Å². The number of aliphatic hydroxyl groups is 1. The van der Waals surface area contributed by atoms with Gasteiger partial charge in [-0.1, -0.05) is 6.92 Å². The van der Waals surface area contributed by atoms with Crippen LogP contribution in [0.1, 0.15) is 26.7 Å². The van der Waals surface area contributed by atoms with Crippen LogP contribution in [-0.2, 0) is 23.7 Å². The van der Waals surface area contributed by atoms with Crippen LogP contribution in [0.5, 0.6) is 0 Å². The fourth-order valence-electron chi connectivity index (χ4n) is 1.14. The Kier molecular flexibility index (Phi) is 12.3. The zero-order valence-electron chi connectivity index (χ0n) is 11.2. The SMILES string of the molecule is CCCC(=O)OC(C)OCCOCCOCCO. The van der Waals surface area contributed by atoms with Gasteiger partial charge >= 0.3 is 5.97 Å². The Bertz CT molecular complexity index is 197. The minimum atomic E-state index is -0.543. The van der Waals surface area contributed by atoms with Crippen LogP contribution in [0.25, 0.3) is 0 Å². The summed E-state index contributed by atoms with van der Waals surface area (Å²) in [5.41, 5.74) is 0. The highest BCUT2D eigenvalue weighted by molar-refractivity contribution is 5.69. The second-order valence-corrected chi connectivity index (χ2v) is 3.63. The van der Waals surface area contributed by atoms with E-state index in [4.69, 9.17) is 24.1 Å². The van der Waals surface area contributed by atoms with Crippen molar-refractivity contribution >= 4 is 5.97 Å². The number of rotatable bonds is 12. The standard InChI is InChI=1S/C12H24O6/c1-3-4-12(14)18-11(2)17-10-9-16-8-7-15-6-5-13/h11,13H,3-10H2,1-2H3. The molecular formula is C12H24O6. The Morgan fingerprint density at radius 3 is 2.33 bits per heavy atom. The van der Waals surface area contributed by atoms with E-state index >= 15 is 0 Å². The highest BCUT2D eigenvalue weighted by Crippen LogP contribution is 1.98. The van der Waals surface area contributed by atoms with E-state index in [1.165, 1.54) is 0 Å². The Labute approximate surface area is 108 Å². The molecule has 1 atom stereocenters. The molecule has 0 spiro atoms. The fourth-order valence-corrected chi connectivity index (χ4v) is 1.14. The summed E-state index contributed by atoms with van der Waals surface area (Å²) in [5.74, 6) is -0.247. The summed E-state index contributed by atoms with van der Waals surface area (Å²) in [6, 6.07) is 0. The average molecular weight is 264 g/mol. The van der Waals surface area contributed by atoms with Crippen LogP contribution in [-0.4, -0.2) is 57.0 Å². The predicted octanol–water partition coefficient (Wildman–Crippen LogP) is 0.718. The van der Waals surface area contributed by atoms with Crippen molar-refractivity contribution in [3.63, 3.8) is 0 Å². The lowest BCUT2D eigenvalue weighted by molar-refractivity contribution is -0.177. The Morgan fingerprint density at radius 2 is 1.72 bits per heavy atom. The lowest BCUT2D eigenvalue weighted by Crippen LogP contribution is -2.20. The van der Waals surface area contributed by atoms with Crippen molar-refractivity contribution in [3.8, 4) is 0 Å². The molecule has 6 nitrogen and oxygen atoms in total. The quantitative estimate of drug-likeness (QED) is 0.318. The molecule has 1 unspecified atom stereocenters. The zero-order valence-corrected chi connectivity index (χ0v) is 11.2. The molecule has 0 aromatic rings. The topological polar surface area (TPSA) is 74.2 Å². The van der Waals surface area contributed by atoms with Crippen molar-refractivity contribution < 1.29 is 28.8 Å². The maximum atomic E-state index is 11.1. The molecule has 0 rings (SSSR count). The largest absolute Gasteiger partial charge is 0.436 e. The summed E-state index contributed by atoms with van der Waals surface area (Å²) in [6.07, 6.45) is 0.632. The van der Waals surface area contributed by atoms with E-state index in [2.05, 4.69) is 0 Å². The summed E-state index contributed by atoms with van der Waals surface area (Å²) in [5, 5.41) is 8.45. The van der Waals surface area contributed by atoms with Crippen LogP contribution in [0.3, 0.4) is 0 Å². The Hall–Kier alpha value is -0.690. The molecule has 0 aliphatic heterocycles. The molecule has 6 heteroatoms. The van der Waals surface area contributed by atoms with Crippen LogP contribution >= 0.6 is 0 Å². The van der Waals surface area contributed by atoms with Crippen molar-refractivity contribution in [2.45, 2.75) is 33.0 Å². The van der Waals surface area contributed by atoms with Gasteiger partial charge in [0.05, 0.1) is 39.6 Å². The number of carbonyl (C=O) groups is 1. The summed E-state index contributed by atoms with van der Waals surface area (Å²) in [7, 11) is 0. The van der Waals surface area contributed by atoms with Gasteiger partial charge in [-0.15, -0.1) is 0 Å². The third-order valence-corrected chi connectivity index (χ3v) is 1.94. The van der Waals surface area contributed by atoms with Crippen molar-refractivity contribution in [1.82, 2.24) is 0 Å². The third kappa shape index (κ3) is 11.8. The monoisotopic (exact) mass is 264 g/mol. The number of carbonyl (C=O) groups excluding carboxylic acids is 1. The molecule has 0 saturated carbocycles. The molecule has 0 fully saturated rings. The Morgan fingerprint density at radius 1 is 1.11 bits per heavy atom. The average Bonchev–Trinajstić information content (AvgIpc) is 2.32. The summed E-state index contributed by atoms with van der Waals surface area (Å²) < 4.78 is 20.4. The molecule has 0 aromatic heterocycles.